The van der Waals surface area contributed by atoms with E-state index in [1.807, 2.05) is 37.3 Å². The summed E-state index contributed by atoms with van der Waals surface area (Å²) < 4.78 is 5.57. The van der Waals surface area contributed by atoms with Gasteiger partial charge in [0.25, 0.3) is 0 Å². The molecule has 0 aromatic heterocycles. The lowest BCUT2D eigenvalue weighted by molar-refractivity contribution is -0.126. The van der Waals surface area contributed by atoms with Gasteiger partial charge in [-0.2, -0.15) is 0 Å². The maximum Gasteiger partial charge on any atom is 0.223 e. The fourth-order valence-electron chi connectivity index (χ4n) is 2.03. The van der Waals surface area contributed by atoms with E-state index in [-0.39, 0.29) is 11.8 Å². The Balaban J connectivity index is 1.55. The number of hydrogen-bond acceptors (Lipinski definition) is 3. The zero-order chi connectivity index (χ0) is 13.5. The number of nitrogens with one attached hydrogen (secondary N) is 2. The summed E-state index contributed by atoms with van der Waals surface area (Å²) >= 11 is 0. The molecule has 1 amide bonds. The average Bonchev–Trinajstić information content (AvgIpc) is 2.37. The van der Waals surface area contributed by atoms with Crippen molar-refractivity contribution < 1.29 is 9.53 Å². The van der Waals surface area contributed by atoms with Gasteiger partial charge in [0.2, 0.25) is 5.91 Å². The van der Waals surface area contributed by atoms with Crippen molar-refractivity contribution in [3.63, 3.8) is 0 Å². The summed E-state index contributed by atoms with van der Waals surface area (Å²) in [6.07, 6.45) is 0.830. The van der Waals surface area contributed by atoms with Crippen molar-refractivity contribution >= 4 is 5.91 Å². The highest BCUT2D eigenvalue weighted by Crippen LogP contribution is 2.15. The Morgan fingerprint density at radius 3 is 2.79 bits per heavy atom. The smallest absolute Gasteiger partial charge is 0.223 e. The maximum atomic E-state index is 11.8. The van der Waals surface area contributed by atoms with E-state index in [1.165, 1.54) is 0 Å². The number of ether oxygens (including phenoxy) is 1. The molecule has 19 heavy (non-hydrogen) atoms. The highest BCUT2D eigenvalue weighted by atomic mass is 16.5. The molecule has 1 unspecified atom stereocenters. The summed E-state index contributed by atoms with van der Waals surface area (Å²) in [5, 5.41) is 6.16. The van der Waals surface area contributed by atoms with E-state index >= 15 is 0 Å². The minimum Gasteiger partial charge on any atom is -0.494 e. The van der Waals surface area contributed by atoms with Gasteiger partial charge in [0.1, 0.15) is 5.75 Å². The highest BCUT2D eigenvalue weighted by molar-refractivity contribution is 5.78. The van der Waals surface area contributed by atoms with Crippen molar-refractivity contribution in [3.8, 4) is 5.75 Å². The number of amides is 1. The van der Waals surface area contributed by atoms with Crippen LogP contribution in [0.5, 0.6) is 5.75 Å². The van der Waals surface area contributed by atoms with E-state index in [4.69, 9.17) is 4.74 Å². The zero-order valence-corrected chi connectivity index (χ0v) is 11.4. The monoisotopic (exact) mass is 262 g/mol. The molecule has 0 spiro atoms. The Kier molecular flexibility index (Phi) is 5.21. The lowest BCUT2D eigenvalue weighted by Crippen LogP contribution is -2.49. The first-order chi connectivity index (χ1) is 9.27. The van der Waals surface area contributed by atoms with Gasteiger partial charge in [0.05, 0.1) is 6.61 Å². The zero-order valence-electron chi connectivity index (χ0n) is 11.4. The van der Waals surface area contributed by atoms with E-state index in [2.05, 4.69) is 10.6 Å². The standard InChI is InChI=1S/C15H22N2O2/c1-12(13-10-16-11-13)15(18)17-8-5-9-19-14-6-3-2-4-7-14/h2-4,6-7,12-13,16H,5,8-11H2,1H3,(H,17,18). The van der Waals surface area contributed by atoms with Crippen LogP contribution in [0, 0.1) is 11.8 Å². The van der Waals surface area contributed by atoms with Crippen molar-refractivity contribution in [2.24, 2.45) is 11.8 Å². The quantitative estimate of drug-likeness (QED) is 0.731. The summed E-state index contributed by atoms with van der Waals surface area (Å²) in [4.78, 5) is 11.8. The molecular formula is C15H22N2O2. The van der Waals surface area contributed by atoms with E-state index in [1.54, 1.807) is 0 Å². The van der Waals surface area contributed by atoms with Gasteiger partial charge in [-0.3, -0.25) is 4.79 Å². The number of benzene rings is 1. The van der Waals surface area contributed by atoms with Crippen molar-refractivity contribution in [1.29, 1.82) is 0 Å². The minimum absolute atomic E-state index is 0.108. The maximum absolute atomic E-state index is 11.8. The molecule has 1 fully saturated rings. The van der Waals surface area contributed by atoms with E-state index in [9.17, 15) is 4.79 Å². The number of para-hydroxylation sites is 1. The van der Waals surface area contributed by atoms with Gasteiger partial charge in [-0.1, -0.05) is 25.1 Å². The SMILES string of the molecule is CC(C(=O)NCCCOc1ccccc1)C1CNC1. The summed E-state index contributed by atoms with van der Waals surface area (Å²) in [7, 11) is 0. The van der Waals surface area contributed by atoms with Crippen LogP contribution in [0.4, 0.5) is 0 Å². The van der Waals surface area contributed by atoms with E-state index in [0.29, 0.717) is 19.1 Å². The Labute approximate surface area is 114 Å². The summed E-state index contributed by atoms with van der Waals surface area (Å²) in [6, 6.07) is 9.73. The molecule has 0 aliphatic carbocycles. The van der Waals surface area contributed by atoms with Crippen LogP contribution in [0.1, 0.15) is 13.3 Å². The van der Waals surface area contributed by atoms with Crippen LogP contribution in [0.25, 0.3) is 0 Å². The van der Waals surface area contributed by atoms with Crippen LogP contribution >= 0.6 is 0 Å². The van der Waals surface area contributed by atoms with Crippen LogP contribution in [0.3, 0.4) is 0 Å². The van der Waals surface area contributed by atoms with Crippen LogP contribution < -0.4 is 15.4 Å². The molecule has 1 aliphatic heterocycles. The Morgan fingerprint density at radius 1 is 1.42 bits per heavy atom. The molecule has 4 heteroatoms. The van der Waals surface area contributed by atoms with Crippen molar-refractivity contribution in [1.82, 2.24) is 10.6 Å². The Bertz CT molecular complexity index is 390. The molecule has 1 saturated heterocycles. The number of carbonyl (C=O) groups excluding carboxylic acids is 1. The third kappa shape index (κ3) is 4.24. The Hall–Kier alpha value is -1.55. The third-order valence-corrected chi connectivity index (χ3v) is 3.57. The summed E-state index contributed by atoms with van der Waals surface area (Å²) in [6.45, 7) is 5.23. The third-order valence-electron chi connectivity index (χ3n) is 3.57. The second-order valence-electron chi connectivity index (χ2n) is 5.01. The first-order valence-corrected chi connectivity index (χ1v) is 6.93. The van der Waals surface area contributed by atoms with Crippen LogP contribution in [0.15, 0.2) is 30.3 Å². The van der Waals surface area contributed by atoms with Crippen molar-refractivity contribution in [2.45, 2.75) is 13.3 Å². The number of rotatable bonds is 7. The molecular weight excluding hydrogens is 240 g/mol. The normalized spacial score (nSPS) is 16.5. The predicted molar refractivity (Wildman–Crippen MR) is 75.1 cm³/mol. The first-order valence-electron chi connectivity index (χ1n) is 6.93. The summed E-state index contributed by atoms with van der Waals surface area (Å²) in [5.74, 6) is 1.64. The molecule has 1 aromatic carbocycles. The lowest BCUT2D eigenvalue weighted by Gasteiger charge is -2.31. The van der Waals surface area contributed by atoms with Gasteiger partial charge in [0, 0.05) is 12.5 Å². The fraction of sp³-hybridized carbons (Fsp3) is 0.533. The average molecular weight is 262 g/mol. The van der Waals surface area contributed by atoms with Crippen LogP contribution in [-0.4, -0.2) is 32.1 Å². The minimum atomic E-state index is 0.108. The summed E-state index contributed by atoms with van der Waals surface area (Å²) in [5.41, 5.74) is 0. The molecule has 1 aromatic rings. The predicted octanol–water partition coefficient (Wildman–Crippen LogP) is 1.43. The largest absolute Gasteiger partial charge is 0.494 e. The molecule has 2 N–H and O–H groups in total. The molecule has 104 valence electrons. The number of carbonyl (C=O) groups is 1. The second-order valence-corrected chi connectivity index (χ2v) is 5.01. The molecule has 0 radical (unpaired) electrons. The van der Waals surface area contributed by atoms with Crippen LogP contribution in [-0.2, 0) is 4.79 Å². The molecule has 1 atom stereocenters. The molecule has 1 heterocycles. The second kappa shape index (κ2) is 7.14. The van der Waals surface area contributed by atoms with Crippen LogP contribution in [0.2, 0.25) is 0 Å². The molecule has 2 rings (SSSR count). The van der Waals surface area contributed by atoms with Crippen molar-refractivity contribution in [2.75, 3.05) is 26.2 Å². The van der Waals surface area contributed by atoms with Gasteiger partial charge >= 0.3 is 0 Å². The fourth-order valence-corrected chi connectivity index (χ4v) is 2.03. The lowest BCUT2D eigenvalue weighted by atomic mass is 9.88. The van der Waals surface area contributed by atoms with E-state index < -0.39 is 0 Å². The molecule has 4 nitrogen and oxygen atoms in total. The van der Waals surface area contributed by atoms with Gasteiger partial charge in [0.15, 0.2) is 0 Å². The first kappa shape index (κ1) is 13.9. The Morgan fingerprint density at radius 2 is 2.16 bits per heavy atom. The topological polar surface area (TPSA) is 50.4 Å². The van der Waals surface area contributed by atoms with Gasteiger partial charge in [-0.05, 0) is 37.6 Å². The molecule has 1 aliphatic rings. The van der Waals surface area contributed by atoms with Gasteiger partial charge < -0.3 is 15.4 Å². The highest BCUT2D eigenvalue weighted by Gasteiger charge is 2.28. The van der Waals surface area contributed by atoms with Gasteiger partial charge in [-0.15, -0.1) is 0 Å². The van der Waals surface area contributed by atoms with E-state index in [0.717, 1.165) is 25.3 Å². The van der Waals surface area contributed by atoms with Crippen molar-refractivity contribution in [3.05, 3.63) is 30.3 Å². The molecule has 0 bridgehead atoms. The molecule has 0 saturated carbocycles. The number of hydrogen-bond donors (Lipinski definition) is 2. The van der Waals surface area contributed by atoms with Gasteiger partial charge in [-0.25, -0.2) is 0 Å².